The molecule has 0 saturated heterocycles. The van der Waals surface area contributed by atoms with Crippen LogP contribution < -0.4 is 5.32 Å². The summed E-state index contributed by atoms with van der Waals surface area (Å²) in [7, 11) is 1.68. The van der Waals surface area contributed by atoms with Crippen LogP contribution >= 0.6 is 11.5 Å². The molecule has 1 N–H and O–H groups in total. The summed E-state index contributed by atoms with van der Waals surface area (Å²) >= 11 is 1.15. The molecule has 2 aromatic rings. The van der Waals surface area contributed by atoms with Gasteiger partial charge in [-0.1, -0.05) is 16.6 Å². The van der Waals surface area contributed by atoms with Gasteiger partial charge in [-0.15, -0.1) is 5.10 Å². The molecule has 1 atom stereocenters. The normalized spacial score (nSPS) is 12.7. The molecule has 1 heterocycles. The van der Waals surface area contributed by atoms with Gasteiger partial charge in [0.1, 0.15) is 0 Å². The molecule has 0 radical (unpaired) electrons. The van der Waals surface area contributed by atoms with Crippen molar-refractivity contribution < 1.29 is 8.78 Å². The summed E-state index contributed by atoms with van der Waals surface area (Å²) in [4.78, 5) is 0.743. The fourth-order valence-corrected chi connectivity index (χ4v) is 2.13. The molecule has 1 unspecified atom stereocenters. The van der Waals surface area contributed by atoms with Crippen molar-refractivity contribution in [3.63, 3.8) is 0 Å². The maximum Gasteiger partial charge on any atom is 0.163 e. The van der Waals surface area contributed by atoms with E-state index in [0.29, 0.717) is 0 Å². The zero-order valence-electron chi connectivity index (χ0n) is 8.45. The molecule has 0 aliphatic carbocycles. The first-order valence-electron chi connectivity index (χ1n) is 4.62. The number of hydrogen-bond acceptors (Lipinski definition) is 4. The van der Waals surface area contributed by atoms with Crippen molar-refractivity contribution in [3.05, 3.63) is 46.5 Å². The highest BCUT2D eigenvalue weighted by Crippen LogP contribution is 2.26. The van der Waals surface area contributed by atoms with E-state index < -0.39 is 17.7 Å². The van der Waals surface area contributed by atoms with Crippen molar-refractivity contribution in [2.24, 2.45) is 0 Å². The molecule has 0 bridgehead atoms. The number of benzene rings is 1. The Morgan fingerprint density at radius 1 is 1.38 bits per heavy atom. The van der Waals surface area contributed by atoms with E-state index in [1.54, 1.807) is 13.1 Å². The fourth-order valence-electron chi connectivity index (χ4n) is 1.50. The van der Waals surface area contributed by atoms with Crippen LogP contribution in [0.1, 0.15) is 16.5 Å². The average Bonchev–Trinajstić information content (AvgIpc) is 2.79. The van der Waals surface area contributed by atoms with E-state index in [1.165, 1.54) is 12.3 Å². The molecule has 84 valence electrons. The minimum atomic E-state index is -0.852. The van der Waals surface area contributed by atoms with E-state index in [4.69, 9.17) is 0 Å². The molecule has 6 heteroatoms. The lowest BCUT2D eigenvalue weighted by Gasteiger charge is -2.14. The Bertz CT molecular complexity index is 473. The highest BCUT2D eigenvalue weighted by atomic mass is 32.1. The number of nitrogens with one attached hydrogen (secondary N) is 1. The van der Waals surface area contributed by atoms with Gasteiger partial charge in [0, 0.05) is 5.56 Å². The van der Waals surface area contributed by atoms with Gasteiger partial charge in [-0.05, 0) is 24.6 Å². The Balaban J connectivity index is 2.45. The number of aromatic nitrogens is 2. The predicted octanol–water partition coefficient (Wildman–Crippen LogP) is 2.13. The molecule has 0 aliphatic heterocycles. The van der Waals surface area contributed by atoms with Gasteiger partial charge in [-0.3, -0.25) is 0 Å². The summed E-state index contributed by atoms with van der Waals surface area (Å²) < 4.78 is 30.4. The topological polar surface area (TPSA) is 37.8 Å². The van der Waals surface area contributed by atoms with Crippen LogP contribution in [0.15, 0.2) is 24.4 Å². The van der Waals surface area contributed by atoms with Gasteiger partial charge in [0.25, 0.3) is 0 Å². The first kappa shape index (κ1) is 11.1. The van der Waals surface area contributed by atoms with Crippen LogP contribution in [0.4, 0.5) is 8.78 Å². The number of nitrogens with zero attached hydrogens (tertiary/aromatic N) is 2. The van der Waals surface area contributed by atoms with Crippen molar-refractivity contribution in [2.75, 3.05) is 7.05 Å². The lowest BCUT2D eigenvalue weighted by molar-refractivity contribution is 0.488. The summed E-state index contributed by atoms with van der Waals surface area (Å²) in [5.41, 5.74) is 0.258. The number of hydrogen-bond donors (Lipinski definition) is 1. The Morgan fingerprint density at radius 2 is 2.19 bits per heavy atom. The summed E-state index contributed by atoms with van der Waals surface area (Å²) in [6, 6.07) is 3.69. The van der Waals surface area contributed by atoms with Crippen molar-refractivity contribution in [1.82, 2.24) is 14.9 Å². The van der Waals surface area contributed by atoms with Crippen molar-refractivity contribution >= 4 is 11.5 Å². The van der Waals surface area contributed by atoms with E-state index in [0.717, 1.165) is 22.5 Å². The molecule has 0 fully saturated rings. The van der Waals surface area contributed by atoms with Gasteiger partial charge >= 0.3 is 0 Å². The van der Waals surface area contributed by atoms with Crippen molar-refractivity contribution in [3.8, 4) is 0 Å². The molecule has 0 saturated carbocycles. The van der Waals surface area contributed by atoms with Crippen molar-refractivity contribution in [2.45, 2.75) is 6.04 Å². The summed E-state index contributed by atoms with van der Waals surface area (Å²) in [6.45, 7) is 0. The monoisotopic (exact) mass is 241 g/mol. The predicted molar refractivity (Wildman–Crippen MR) is 57.2 cm³/mol. The Hall–Kier alpha value is -1.40. The van der Waals surface area contributed by atoms with E-state index in [9.17, 15) is 8.78 Å². The molecule has 0 aliphatic rings. The van der Waals surface area contributed by atoms with Crippen molar-refractivity contribution in [1.29, 1.82) is 0 Å². The highest BCUT2D eigenvalue weighted by molar-refractivity contribution is 7.05. The van der Waals surface area contributed by atoms with Crippen LogP contribution in [-0.4, -0.2) is 16.6 Å². The van der Waals surface area contributed by atoms with Gasteiger partial charge in [0.05, 0.1) is 17.1 Å². The first-order valence-corrected chi connectivity index (χ1v) is 5.39. The van der Waals surface area contributed by atoms with Crippen LogP contribution in [-0.2, 0) is 0 Å². The largest absolute Gasteiger partial charge is 0.308 e. The molecule has 2 rings (SSSR count). The lowest BCUT2D eigenvalue weighted by atomic mass is 10.1. The minimum Gasteiger partial charge on any atom is -0.308 e. The molecule has 0 spiro atoms. The fraction of sp³-hybridized carbons (Fsp3) is 0.200. The molecule has 16 heavy (non-hydrogen) atoms. The van der Waals surface area contributed by atoms with E-state index >= 15 is 0 Å². The molecule has 3 nitrogen and oxygen atoms in total. The van der Waals surface area contributed by atoms with Gasteiger partial charge in [-0.25, -0.2) is 8.78 Å². The average molecular weight is 241 g/mol. The SMILES string of the molecule is CNC(c1cnns1)c1cccc(F)c1F. The quantitative estimate of drug-likeness (QED) is 0.894. The van der Waals surface area contributed by atoms with Gasteiger partial charge in [0.2, 0.25) is 0 Å². The van der Waals surface area contributed by atoms with Gasteiger partial charge in [-0.2, -0.15) is 0 Å². The second-order valence-corrected chi connectivity index (χ2v) is 4.00. The summed E-state index contributed by atoms with van der Waals surface area (Å²) in [5, 5.41) is 6.59. The van der Waals surface area contributed by atoms with Gasteiger partial charge in [0.15, 0.2) is 11.6 Å². The van der Waals surface area contributed by atoms with Crippen LogP contribution in [0.2, 0.25) is 0 Å². The van der Waals surface area contributed by atoms with Gasteiger partial charge < -0.3 is 5.32 Å². The van der Waals surface area contributed by atoms with Crippen LogP contribution in [0.3, 0.4) is 0 Å². The summed E-state index contributed by atoms with van der Waals surface area (Å²) in [6.07, 6.45) is 1.54. The second-order valence-electron chi connectivity index (χ2n) is 3.18. The Labute approximate surface area is 95.3 Å². The first-order chi connectivity index (χ1) is 7.74. The molecule has 1 aromatic carbocycles. The second kappa shape index (κ2) is 4.63. The maximum atomic E-state index is 13.6. The maximum absolute atomic E-state index is 13.6. The Kier molecular flexibility index (Phi) is 3.21. The van der Waals surface area contributed by atoms with E-state index in [-0.39, 0.29) is 5.56 Å². The lowest BCUT2D eigenvalue weighted by Crippen LogP contribution is -2.18. The third kappa shape index (κ3) is 1.94. The highest BCUT2D eigenvalue weighted by Gasteiger charge is 2.19. The summed E-state index contributed by atoms with van der Waals surface area (Å²) in [5.74, 6) is -1.69. The third-order valence-corrected chi connectivity index (χ3v) is 2.97. The van der Waals surface area contributed by atoms with Crippen LogP contribution in [0, 0.1) is 11.6 Å². The zero-order chi connectivity index (χ0) is 11.5. The molecular formula is C10H9F2N3S. The zero-order valence-corrected chi connectivity index (χ0v) is 9.26. The third-order valence-electron chi connectivity index (χ3n) is 2.24. The number of rotatable bonds is 3. The molecule has 0 amide bonds. The van der Waals surface area contributed by atoms with E-state index in [2.05, 4.69) is 14.9 Å². The smallest absolute Gasteiger partial charge is 0.163 e. The number of halogens is 2. The van der Waals surface area contributed by atoms with Crippen LogP contribution in [0.5, 0.6) is 0 Å². The Morgan fingerprint density at radius 3 is 2.81 bits per heavy atom. The van der Waals surface area contributed by atoms with E-state index in [1.807, 2.05) is 0 Å². The van der Waals surface area contributed by atoms with Crippen LogP contribution in [0.25, 0.3) is 0 Å². The minimum absolute atomic E-state index is 0.258. The standard InChI is InChI=1S/C10H9F2N3S/c1-13-10(8-5-14-15-16-8)6-3-2-4-7(11)9(6)12/h2-5,10,13H,1H3. The molecule has 1 aromatic heterocycles. The molecular weight excluding hydrogens is 232 g/mol.